The van der Waals surface area contributed by atoms with Gasteiger partial charge in [0.05, 0.1) is 6.04 Å². The number of hydrogen-bond acceptors (Lipinski definition) is 2. The van der Waals surface area contributed by atoms with Crippen molar-refractivity contribution in [2.75, 3.05) is 9.80 Å². The number of carbonyl (C=O) groups is 1. The second-order valence-corrected chi connectivity index (χ2v) is 6.43. The molecule has 172 valence electrons. The molecule has 0 radical (unpaired) electrons. The molecular formula is C28H38N2O2. The van der Waals surface area contributed by atoms with Crippen molar-refractivity contribution in [2.24, 2.45) is 0 Å². The van der Waals surface area contributed by atoms with Gasteiger partial charge in [0.15, 0.2) is 5.72 Å². The number of rotatable bonds is 3. The van der Waals surface area contributed by atoms with E-state index < -0.39 is 11.8 Å². The van der Waals surface area contributed by atoms with Crippen molar-refractivity contribution >= 4 is 17.4 Å². The van der Waals surface area contributed by atoms with Crippen molar-refractivity contribution < 1.29 is 9.90 Å². The lowest BCUT2D eigenvalue weighted by Crippen LogP contribution is -2.48. The fourth-order valence-corrected chi connectivity index (χ4v) is 3.65. The van der Waals surface area contributed by atoms with Gasteiger partial charge >= 0.3 is 6.03 Å². The third-order valence-electron chi connectivity index (χ3n) is 4.96. The van der Waals surface area contributed by atoms with E-state index in [0.717, 1.165) is 5.69 Å². The molecule has 3 aromatic carbocycles. The van der Waals surface area contributed by atoms with Gasteiger partial charge in [-0.2, -0.15) is 0 Å². The van der Waals surface area contributed by atoms with Crippen molar-refractivity contribution in [2.45, 2.75) is 60.2 Å². The van der Waals surface area contributed by atoms with Gasteiger partial charge in [-0.1, -0.05) is 108 Å². The molecule has 1 aliphatic heterocycles. The Morgan fingerprint density at radius 1 is 0.656 bits per heavy atom. The Morgan fingerprint density at radius 2 is 1.03 bits per heavy atom. The highest BCUT2D eigenvalue weighted by atomic mass is 16.3. The molecule has 0 bridgehead atoms. The van der Waals surface area contributed by atoms with E-state index in [0.29, 0.717) is 11.3 Å². The lowest BCUT2D eigenvalue weighted by molar-refractivity contribution is 0.0372. The average molecular weight is 435 g/mol. The first kappa shape index (κ1) is 26.9. The van der Waals surface area contributed by atoms with Crippen LogP contribution in [-0.2, 0) is 5.72 Å². The first-order valence-corrected chi connectivity index (χ1v) is 11.7. The van der Waals surface area contributed by atoms with Gasteiger partial charge in [-0.15, -0.1) is 0 Å². The van der Waals surface area contributed by atoms with Crippen LogP contribution >= 0.6 is 0 Å². The summed E-state index contributed by atoms with van der Waals surface area (Å²) in [5.41, 5.74) is 0.630. The Morgan fingerprint density at radius 3 is 1.47 bits per heavy atom. The Labute approximate surface area is 194 Å². The molecule has 0 spiro atoms. The Hall–Kier alpha value is -3.11. The smallest absolute Gasteiger partial charge is 0.332 e. The minimum atomic E-state index is -1.48. The molecule has 0 aromatic heterocycles. The molecule has 1 saturated heterocycles. The maximum Gasteiger partial charge on any atom is 0.332 e. The van der Waals surface area contributed by atoms with Gasteiger partial charge in [0.1, 0.15) is 0 Å². The Balaban J connectivity index is 0.000000789. The van der Waals surface area contributed by atoms with Crippen LogP contribution in [0.25, 0.3) is 0 Å². The van der Waals surface area contributed by atoms with Crippen molar-refractivity contribution in [3.63, 3.8) is 0 Å². The van der Waals surface area contributed by atoms with Gasteiger partial charge in [0.2, 0.25) is 0 Å². The molecule has 1 fully saturated rings. The molecule has 0 saturated carbocycles. The van der Waals surface area contributed by atoms with E-state index in [1.807, 2.05) is 139 Å². The number of urea groups is 1. The topological polar surface area (TPSA) is 43.8 Å². The van der Waals surface area contributed by atoms with E-state index >= 15 is 0 Å². The van der Waals surface area contributed by atoms with Crippen LogP contribution in [0.15, 0.2) is 91.0 Å². The van der Waals surface area contributed by atoms with Gasteiger partial charge in [0, 0.05) is 16.9 Å². The average Bonchev–Trinajstić information content (AvgIpc) is 3.10. The summed E-state index contributed by atoms with van der Waals surface area (Å²) in [6.45, 7) is 13.9. The molecule has 3 aromatic rings. The zero-order chi connectivity index (χ0) is 24.1. The van der Waals surface area contributed by atoms with Crippen LogP contribution in [0.4, 0.5) is 16.2 Å². The van der Waals surface area contributed by atoms with Crippen molar-refractivity contribution in [1.82, 2.24) is 0 Å². The monoisotopic (exact) mass is 434 g/mol. The fraction of sp³-hybridized carbons (Fsp3) is 0.321. The van der Waals surface area contributed by atoms with E-state index in [9.17, 15) is 9.90 Å². The normalized spacial score (nSPS) is 19.0. The highest BCUT2D eigenvalue weighted by Gasteiger charge is 2.56. The van der Waals surface area contributed by atoms with Crippen LogP contribution in [-0.4, -0.2) is 17.2 Å². The third kappa shape index (κ3) is 5.20. The van der Waals surface area contributed by atoms with E-state index in [-0.39, 0.29) is 6.03 Å². The lowest BCUT2D eigenvalue weighted by Gasteiger charge is -2.35. The molecule has 1 aliphatic rings. The van der Waals surface area contributed by atoms with Crippen LogP contribution in [0.5, 0.6) is 0 Å². The van der Waals surface area contributed by atoms with E-state index in [1.54, 1.807) is 4.90 Å². The number of hydrogen-bond donors (Lipinski definition) is 1. The van der Waals surface area contributed by atoms with E-state index in [4.69, 9.17) is 0 Å². The summed E-state index contributed by atoms with van der Waals surface area (Å²) in [7, 11) is 0. The predicted molar refractivity (Wildman–Crippen MR) is 137 cm³/mol. The summed E-state index contributed by atoms with van der Waals surface area (Å²) in [6, 6.07) is 27.4. The standard InChI is InChI=1S/C22H20N2O2.3C2H6/c1-17-22(26,18-11-5-2-6-12-18)24(20-15-9-4-10-16-20)21(25)23(17)19-13-7-3-8-14-19;3*1-2/h2-17,26H,1H3;3*1-2H3. The van der Waals surface area contributed by atoms with Crippen LogP contribution < -0.4 is 9.80 Å². The summed E-state index contributed by atoms with van der Waals surface area (Å²) in [4.78, 5) is 16.5. The second-order valence-electron chi connectivity index (χ2n) is 6.43. The minimum absolute atomic E-state index is 0.249. The molecule has 4 rings (SSSR count). The molecule has 2 unspecified atom stereocenters. The van der Waals surface area contributed by atoms with Crippen LogP contribution in [0.1, 0.15) is 54.0 Å². The highest BCUT2D eigenvalue weighted by molar-refractivity contribution is 6.08. The summed E-state index contributed by atoms with van der Waals surface area (Å²) >= 11 is 0. The van der Waals surface area contributed by atoms with Gasteiger partial charge in [0.25, 0.3) is 0 Å². The SMILES string of the molecule is CC.CC.CC.CC1N(c2ccccc2)C(=O)N(c2ccccc2)C1(O)c1ccccc1. The highest BCUT2D eigenvalue weighted by Crippen LogP contribution is 2.44. The summed E-state index contributed by atoms with van der Waals surface area (Å²) < 4.78 is 0. The zero-order valence-corrected chi connectivity index (χ0v) is 20.5. The van der Waals surface area contributed by atoms with Crippen LogP contribution in [0.3, 0.4) is 0 Å². The number of amides is 2. The second kappa shape index (κ2) is 13.3. The largest absolute Gasteiger partial charge is 0.365 e. The number of nitrogens with zero attached hydrogens (tertiary/aromatic N) is 2. The fourth-order valence-electron chi connectivity index (χ4n) is 3.65. The number of carbonyl (C=O) groups excluding carboxylic acids is 1. The summed E-state index contributed by atoms with van der Waals surface area (Å²) in [5.74, 6) is 0. The molecule has 2 atom stereocenters. The number of anilines is 2. The van der Waals surface area contributed by atoms with Crippen molar-refractivity contribution in [1.29, 1.82) is 0 Å². The van der Waals surface area contributed by atoms with Gasteiger partial charge in [-0.3, -0.25) is 9.80 Å². The number of benzene rings is 3. The first-order valence-electron chi connectivity index (χ1n) is 11.7. The first-order chi connectivity index (χ1) is 15.6. The maximum absolute atomic E-state index is 13.4. The molecule has 1 N–H and O–H groups in total. The van der Waals surface area contributed by atoms with Crippen LogP contribution in [0, 0.1) is 0 Å². The van der Waals surface area contributed by atoms with Crippen LogP contribution in [0.2, 0.25) is 0 Å². The van der Waals surface area contributed by atoms with Gasteiger partial charge in [-0.05, 0) is 31.2 Å². The van der Waals surface area contributed by atoms with Gasteiger partial charge < -0.3 is 5.11 Å². The molecule has 1 heterocycles. The van der Waals surface area contributed by atoms with Crippen molar-refractivity contribution in [3.05, 3.63) is 96.6 Å². The molecular weight excluding hydrogens is 396 g/mol. The Kier molecular flexibility index (Phi) is 11.2. The van der Waals surface area contributed by atoms with E-state index in [2.05, 4.69) is 0 Å². The third-order valence-corrected chi connectivity index (χ3v) is 4.96. The minimum Gasteiger partial charge on any atom is -0.365 e. The van der Waals surface area contributed by atoms with Gasteiger partial charge in [-0.25, -0.2) is 4.79 Å². The maximum atomic E-state index is 13.4. The lowest BCUT2D eigenvalue weighted by atomic mass is 9.94. The Bertz CT molecular complexity index is 900. The summed E-state index contributed by atoms with van der Waals surface area (Å²) in [5, 5.41) is 11.8. The number of para-hydroxylation sites is 2. The van der Waals surface area contributed by atoms with E-state index in [1.165, 1.54) is 4.90 Å². The molecule has 4 nitrogen and oxygen atoms in total. The summed E-state index contributed by atoms with van der Waals surface area (Å²) in [6.07, 6.45) is 0. The zero-order valence-electron chi connectivity index (χ0n) is 20.5. The molecule has 2 amide bonds. The molecule has 4 heteroatoms. The van der Waals surface area contributed by atoms with Crippen molar-refractivity contribution in [3.8, 4) is 0 Å². The molecule has 0 aliphatic carbocycles. The molecule has 32 heavy (non-hydrogen) atoms. The quantitative estimate of drug-likeness (QED) is 0.465. The predicted octanol–water partition coefficient (Wildman–Crippen LogP) is 7.45. The number of aliphatic hydroxyl groups is 1.